The summed E-state index contributed by atoms with van der Waals surface area (Å²) in [5, 5.41) is 1.93. The summed E-state index contributed by atoms with van der Waals surface area (Å²) in [5.74, 6) is 0.447. The zero-order valence-electron chi connectivity index (χ0n) is 16.1. The highest BCUT2D eigenvalue weighted by Gasteiger charge is 2.29. The van der Waals surface area contributed by atoms with Crippen molar-refractivity contribution in [3.05, 3.63) is 46.9 Å². The van der Waals surface area contributed by atoms with Gasteiger partial charge < -0.3 is 13.7 Å². The normalized spacial score (nSPS) is 15.1. The van der Waals surface area contributed by atoms with Crippen LogP contribution in [0.5, 0.6) is 0 Å². The molecule has 4 rings (SSSR count). The molecule has 3 aromatic rings. The van der Waals surface area contributed by atoms with Crippen LogP contribution in [0.2, 0.25) is 0 Å². The number of aromatic nitrogens is 2. The molecule has 3 aromatic heterocycles. The molecule has 4 heterocycles. The molecule has 29 heavy (non-hydrogen) atoms. The Morgan fingerprint density at radius 3 is 2.79 bits per heavy atom. The third-order valence-corrected chi connectivity index (χ3v) is 7.58. The number of hydrogen-bond donors (Lipinski definition) is 0. The number of rotatable bonds is 6. The second-order valence-corrected chi connectivity index (χ2v) is 9.74. The fourth-order valence-corrected chi connectivity index (χ4v) is 5.47. The number of carbonyl (C=O) groups is 1. The first-order chi connectivity index (χ1) is 13.9. The Kier molecular flexibility index (Phi) is 5.32. The lowest BCUT2D eigenvalue weighted by atomic mass is 10.4. The van der Waals surface area contributed by atoms with Gasteiger partial charge in [-0.05, 0) is 37.3 Å². The second-order valence-electron chi connectivity index (χ2n) is 6.86. The van der Waals surface area contributed by atoms with Crippen LogP contribution in [-0.4, -0.2) is 41.3 Å². The van der Waals surface area contributed by atoms with E-state index in [-0.39, 0.29) is 17.2 Å². The fraction of sp³-hybridized carbons (Fsp3) is 0.368. The van der Waals surface area contributed by atoms with Gasteiger partial charge in [0.25, 0.3) is 0 Å². The van der Waals surface area contributed by atoms with Crippen LogP contribution in [-0.2, 0) is 28.4 Å². The summed E-state index contributed by atoms with van der Waals surface area (Å²) in [4.78, 5) is 17.9. The topological polar surface area (TPSA) is 94.6 Å². The van der Waals surface area contributed by atoms with Crippen LogP contribution in [0.3, 0.4) is 0 Å². The molecule has 1 aliphatic rings. The predicted molar refractivity (Wildman–Crippen MR) is 107 cm³/mol. The number of ether oxygens (including phenoxy) is 1. The molecule has 1 aliphatic heterocycles. The van der Waals surface area contributed by atoms with Crippen LogP contribution in [0, 0.1) is 6.92 Å². The first-order valence-corrected chi connectivity index (χ1v) is 11.5. The first-order valence-electron chi connectivity index (χ1n) is 9.20. The van der Waals surface area contributed by atoms with Gasteiger partial charge in [-0.3, -0.25) is 0 Å². The van der Waals surface area contributed by atoms with E-state index in [9.17, 15) is 13.2 Å². The van der Waals surface area contributed by atoms with Crippen molar-refractivity contribution in [2.45, 2.75) is 31.3 Å². The Labute approximate surface area is 172 Å². The van der Waals surface area contributed by atoms with Crippen molar-refractivity contribution >= 4 is 27.3 Å². The minimum absolute atomic E-state index is 0.0566. The summed E-state index contributed by atoms with van der Waals surface area (Å²) >= 11 is 1.51. The minimum Gasteiger partial charge on any atom is -0.454 e. The van der Waals surface area contributed by atoms with Gasteiger partial charge in [0.2, 0.25) is 15.9 Å². The standard InChI is InChI=1S/C19H21N3O5S2/c1-13-15(20-18(27-13)17-6-5-9-28-17)12-26-19(23)16-10-14(11-21(16)2)29(24,25)22-7-3-4-8-22/h5-6,9-11H,3-4,7-8,12H2,1-2H3. The van der Waals surface area contributed by atoms with Crippen LogP contribution in [0.1, 0.15) is 34.8 Å². The summed E-state index contributed by atoms with van der Waals surface area (Å²) < 4.78 is 39.3. The molecule has 1 saturated heterocycles. The summed E-state index contributed by atoms with van der Waals surface area (Å²) in [6, 6.07) is 5.17. The average molecular weight is 436 g/mol. The van der Waals surface area contributed by atoms with Gasteiger partial charge in [0, 0.05) is 26.3 Å². The van der Waals surface area contributed by atoms with E-state index in [4.69, 9.17) is 9.15 Å². The van der Waals surface area contributed by atoms with Crippen LogP contribution < -0.4 is 0 Å². The highest BCUT2D eigenvalue weighted by atomic mass is 32.2. The number of thiophene rings is 1. The van der Waals surface area contributed by atoms with Crippen molar-refractivity contribution in [2.24, 2.45) is 7.05 Å². The molecule has 0 aromatic carbocycles. The third kappa shape index (κ3) is 3.87. The van der Waals surface area contributed by atoms with Gasteiger partial charge in [-0.15, -0.1) is 11.3 Å². The van der Waals surface area contributed by atoms with Gasteiger partial charge >= 0.3 is 5.97 Å². The second kappa shape index (κ2) is 7.77. The van der Waals surface area contributed by atoms with Crippen LogP contribution in [0.25, 0.3) is 10.8 Å². The van der Waals surface area contributed by atoms with Crippen LogP contribution >= 0.6 is 11.3 Å². The molecule has 0 amide bonds. The van der Waals surface area contributed by atoms with Gasteiger partial charge in [-0.25, -0.2) is 18.2 Å². The quantitative estimate of drug-likeness (QED) is 0.552. The average Bonchev–Trinajstić information content (AvgIpc) is 3.46. The maximum atomic E-state index is 12.7. The van der Waals surface area contributed by atoms with Crippen molar-refractivity contribution < 1.29 is 22.4 Å². The number of nitrogens with zero attached hydrogens (tertiary/aromatic N) is 3. The van der Waals surface area contributed by atoms with Gasteiger partial charge in [0.05, 0.1) is 4.88 Å². The predicted octanol–water partition coefficient (Wildman–Crippen LogP) is 3.19. The highest BCUT2D eigenvalue weighted by Crippen LogP contribution is 2.27. The SMILES string of the molecule is Cc1oc(-c2cccs2)nc1COC(=O)c1cc(S(=O)(=O)N2CCCC2)cn1C. The molecule has 0 radical (unpaired) electrons. The molecule has 0 bridgehead atoms. The molecular formula is C19H21N3O5S2. The molecule has 1 fully saturated rings. The number of carbonyl (C=O) groups excluding carboxylic acids is 1. The lowest BCUT2D eigenvalue weighted by Crippen LogP contribution is -2.27. The van der Waals surface area contributed by atoms with E-state index < -0.39 is 16.0 Å². The molecule has 0 aliphatic carbocycles. The molecule has 0 N–H and O–H groups in total. The van der Waals surface area contributed by atoms with Crippen molar-refractivity contribution in [3.63, 3.8) is 0 Å². The fourth-order valence-electron chi connectivity index (χ4n) is 3.23. The Bertz CT molecular complexity index is 1120. The highest BCUT2D eigenvalue weighted by molar-refractivity contribution is 7.89. The van der Waals surface area contributed by atoms with Crippen LogP contribution in [0.15, 0.2) is 39.1 Å². The Balaban J connectivity index is 1.48. The molecule has 0 spiro atoms. The molecular weight excluding hydrogens is 414 g/mol. The smallest absolute Gasteiger partial charge is 0.355 e. The summed E-state index contributed by atoms with van der Waals surface area (Å²) in [6.07, 6.45) is 3.15. The monoisotopic (exact) mass is 435 g/mol. The molecule has 8 nitrogen and oxygen atoms in total. The van der Waals surface area contributed by atoms with Crippen molar-refractivity contribution in [1.82, 2.24) is 13.9 Å². The minimum atomic E-state index is -3.59. The van der Waals surface area contributed by atoms with E-state index in [0.717, 1.165) is 17.7 Å². The zero-order chi connectivity index (χ0) is 20.6. The largest absolute Gasteiger partial charge is 0.454 e. The Morgan fingerprint density at radius 1 is 1.34 bits per heavy atom. The van der Waals surface area contributed by atoms with Crippen molar-refractivity contribution in [1.29, 1.82) is 0 Å². The van der Waals surface area contributed by atoms with E-state index in [1.54, 1.807) is 14.0 Å². The zero-order valence-corrected chi connectivity index (χ0v) is 17.8. The lowest BCUT2D eigenvalue weighted by molar-refractivity contribution is 0.0455. The number of hydrogen-bond acceptors (Lipinski definition) is 7. The molecule has 0 unspecified atom stereocenters. The van der Waals surface area contributed by atoms with Gasteiger partial charge in [0.15, 0.2) is 0 Å². The number of aryl methyl sites for hydroxylation is 2. The van der Waals surface area contributed by atoms with E-state index >= 15 is 0 Å². The van der Waals surface area contributed by atoms with Gasteiger partial charge in [0.1, 0.15) is 28.7 Å². The number of oxazole rings is 1. The molecule has 10 heteroatoms. The lowest BCUT2D eigenvalue weighted by Gasteiger charge is -2.13. The van der Waals surface area contributed by atoms with Crippen LogP contribution in [0.4, 0.5) is 0 Å². The van der Waals surface area contributed by atoms with Crippen molar-refractivity contribution in [3.8, 4) is 10.8 Å². The Morgan fingerprint density at radius 2 is 2.10 bits per heavy atom. The molecule has 0 atom stereocenters. The van der Waals surface area contributed by atoms with Gasteiger partial charge in [-0.1, -0.05) is 6.07 Å². The maximum Gasteiger partial charge on any atom is 0.355 e. The van der Waals surface area contributed by atoms with E-state index in [2.05, 4.69) is 4.98 Å². The maximum absolute atomic E-state index is 12.7. The molecule has 0 saturated carbocycles. The van der Waals surface area contributed by atoms with E-state index in [1.807, 2.05) is 17.5 Å². The number of sulfonamides is 1. The third-order valence-electron chi connectivity index (χ3n) is 4.86. The summed E-state index contributed by atoms with van der Waals surface area (Å²) in [5.41, 5.74) is 0.697. The first kappa shape index (κ1) is 19.9. The Hall–Kier alpha value is -2.43. The number of esters is 1. The van der Waals surface area contributed by atoms with Crippen molar-refractivity contribution in [2.75, 3.05) is 13.1 Å². The van der Waals surface area contributed by atoms with Gasteiger partial charge in [-0.2, -0.15) is 4.31 Å². The van der Waals surface area contributed by atoms with E-state index in [1.165, 1.54) is 32.5 Å². The molecule has 154 valence electrons. The van der Waals surface area contributed by atoms with E-state index in [0.29, 0.717) is 30.4 Å². The summed E-state index contributed by atoms with van der Waals surface area (Å²) in [6.45, 7) is 2.72. The summed E-state index contributed by atoms with van der Waals surface area (Å²) in [7, 11) is -1.97.